The van der Waals surface area contributed by atoms with Gasteiger partial charge in [0.25, 0.3) is 0 Å². The minimum absolute atomic E-state index is 0.0536. The van der Waals surface area contributed by atoms with Gasteiger partial charge in [-0.3, -0.25) is 10.1 Å². The summed E-state index contributed by atoms with van der Waals surface area (Å²) in [6.07, 6.45) is 5.62. The Kier molecular flexibility index (Phi) is 4.95. The lowest BCUT2D eigenvalue weighted by Gasteiger charge is -2.21. The van der Waals surface area contributed by atoms with Crippen molar-refractivity contribution in [3.63, 3.8) is 0 Å². The molecule has 1 fully saturated rings. The highest BCUT2D eigenvalue weighted by Gasteiger charge is 2.25. The van der Waals surface area contributed by atoms with Crippen molar-refractivity contribution in [3.8, 4) is 0 Å². The summed E-state index contributed by atoms with van der Waals surface area (Å²) < 4.78 is 5.21. The molecule has 0 heterocycles. The summed E-state index contributed by atoms with van der Waals surface area (Å²) in [5, 5.41) is 10.9. The minimum atomic E-state index is -0.676. The summed E-state index contributed by atoms with van der Waals surface area (Å²) in [5.74, 6) is -0.310. The zero-order valence-electron chi connectivity index (χ0n) is 11.0. The van der Waals surface area contributed by atoms with Gasteiger partial charge in [0, 0.05) is 0 Å². The predicted molar refractivity (Wildman–Crippen MR) is 75.0 cm³/mol. The number of halogens is 1. The number of hydrogen-bond acceptors (Lipinski definition) is 4. The lowest BCUT2D eigenvalue weighted by molar-refractivity contribution is -0.385. The first-order chi connectivity index (χ1) is 9.59. The molecule has 20 heavy (non-hydrogen) atoms. The second kappa shape index (κ2) is 6.70. The molecule has 0 spiro atoms. The number of ether oxygens (including phenoxy) is 1. The fourth-order valence-electron chi connectivity index (χ4n) is 2.49. The Morgan fingerprint density at radius 2 is 2.05 bits per heavy atom. The zero-order valence-corrected chi connectivity index (χ0v) is 11.8. The fourth-order valence-corrected chi connectivity index (χ4v) is 2.73. The first kappa shape index (κ1) is 14.8. The van der Waals surface area contributed by atoms with E-state index in [1.165, 1.54) is 24.6 Å². The van der Waals surface area contributed by atoms with Gasteiger partial charge in [-0.25, -0.2) is 4.79 Å². The van der Waals surface area contributed by atoms with Crippen LogP contribution in [0, 0.1) is 16.0 Å². The molecular weight excluding hydrogens is 282 g/mol. The summed E-state index contributed by atoms with van der Waals surface area (Å²) in [4.78, 5) is 22.3. The maximum Gasteiger partial charge on any atom is 0.345 e. The first-order valence-corrected chi connectivity index (χ1v) is 7.07. The van der Waals surface area contributed by atoms with Gasteiger partial charge in [-0.2, -0.15) is 0 Å². The largest absolute Gasteiger partial charge is 0.462 e. The van der Waals surface area contributed by atoms with E-state index in [1.807, 2.05) is 0 Å². The second-order valence-electron chi connectivity index (χ2n) is 5.00. The Balaban J connectivity index is 2.05. The standard InChI is InChI=1S/C14H16ClNO4/c15-12-8-4-7-11(13(12)16(18)19)14(17)20-9-10-5-2-1-3-6-10/h4,7-8,10H,1-3,5-6,9H2. The third kappa shape index (κ3) is 3.48. The summed E-state index contributed by atoms with van der Waals surface area (Å²) in [7, 11) is 0. The minimum Gasteiger partial charge on any atom is -0.462 e. The molecule has 6 heteroatoms. The van der Waals surface area contributed by atoms with Crippen molar-refractivity contribution in [1.82, 2.24) is 0 Å². The van der Waals surface area contributed by atoms with Crippen molar-refractivity contribution >= 4 is 23.3 Å². The molecule has 5 nitrogen and oxygen atoms in total. The van der Waals surface area contributed by atoms with Crippen molar-refractivity contribution < 1.29 is 14.5 Å². The molecule has 2 rings (SSSR count). The third-order valence-electron chi connectivity index (χ3n) is 3.56. The normalized spacial score (nSPS) is 15.8. The molecule has 0 bridgehead atoms. The van der Waals surface area contributed by atoms with Crippen LogP contribution in [0.5, 0.6) is 0 Å². The Bertz CT molecular complexity index is 512. The number of carbonyl (C=O) groups excluding carboxylic acids is 1. The molecule has 0 amide bonds. The molecule has 0 aliphatic heterocycles. The number of rotatable bonds is 4. The van der Waals surface area contributed by atoms with Gasteiger partial charge in [-0.05, 0) is 30.9 Å². The third-order valence-corrected chi connectivity index (χ3v) is 3.87. The van der Waals surface area contributed by atoms with Crippen molar-refractivity contribution in [2.24, 2.45) is 5.92 Å². The van der Waals surface area contributed by atoms with E-state index >= 15 is 0 Å². The van der Waals surface area contributed by atoms with Crippen LogP contribution < -0.4 is 0 Å². The molecule has 1 saturated carbocycles. The molecule has 1 aromatic rings. The zero-order chi connectivity index (χ0) is 14.5. The highest BCUT2D eigenvalue weighted by molar-refractivity contribution is 6.33. The molecule has 0 atom stereocenters. The van der Waals surface area contributed by atoms with Gasteiger partial charge in [0.2, 0.25) is 0 Å². The van der Waals surface area contributed by atoms with Crippen LogP contribution in [0.3, 0.4) is 0 Å². The van der Waals surface area contributed by atoms with Gasteiger partial charge in [-0.1, -0.05) is 36.9 Å². The number of nitro groups is 1. The predicted octanol–water partition coefficient (Wildman–Crippen LogP) is 3.99. The Morgan fingerprint density at radius 1 is 1.35 bits per heavy atom. The number of benzene rings is 1. The van der Waals surface area contributed by atoms with Gasteiger partial charge in [0.15, 0.2) is 0 Å². The second-order valence-corrected chi connectivity index (χ2v) is 5.40. The van der Waals surface area contributed by atoms with E-state index in [1.54, 1.807) is 0 Å². The number of para-hydroxylation sites is 1. The number of hydrogen-bond donors (Lipinski definition) is 0. The molecular formula is C14H16ClNO4. The maximum atomic E-state index is 12.0. The van der Waals surface area contributed by atoms with Crippen LogP contribution in [0.4, 0.5) is 5.69 Å². The lowest BCUT2D eigenvalue weighted by atomic mass is 9.90. The molecule has 1 aromatic carbocycles. The number of esters is 1. The molecule has 0 unspecified atom stereocenters. The van der Waals surface area contributed by atoms with Gasteiger partial charge >= 0.3 is 11.7 Å². The monoisotopic (exact) mass is 297 g/mol. The van der Waals surface area contributed by atoms with E-state index in [0.717, 1.165) is 25.7 Å². The lowest BCUT2D eigenvalue weighted by Crippen LogP contribution is -2.17. The van der Waals surface area contributed by atoms with Gasteiger partial charge in [0.1, 0.15) is 10.6 Å². The van der Waals surface area contributed by atoms with Crippen molar-refractivity contribution in [2.75, 3.05) is 6.61 Å². The number of nitrogens with zero attached hydrogens (tertiary/aromatic N) is 1. The van der Waals surface area contributed by atoms with E-state index in [0.29, 0.717) is 12.5 Å². The van der Waals surface area contributed by atoms with Crippen LogP contribution in [0.1, 0.15) is 42.5 Å². The highest BCUT2D eigenvalue weighted by atomic mass is 35.5. The molecule has 108 valence electrons. The SMILES string of the molecule is O=C(OCC1CCCCC1)c1cccc(Cl)c1[N+](=O)[O-]. The van der Waals surface area contributed by atoms with Crippen LogP contribution in [-0.2, 0) is 4.74 Å². The maximum absolute atomic E-state index is 12.0. The van der Waals surface area contributed by atoms with Crippen LogP contribution in [-0.4, -0.2) is 17.5 Å². The molecule has 0 saturated heterocycles. The van der Waals surface area contributed by atoms with E-state index in [2.05, 4.69) is 0 Å². The topological polar surface area (TPSA) is 69.4 Å². The summed E-state index contributed by atoms with van der Waals surface area (Å²) in [6, 6.07) is 4.26. The first-order valence-electron chi connectivity index (χ1n) is 6.69. The Hall–Kier alpha value is -1.62. The van der Waals surface area contributed by atoms with Gasteiger partial charge in [-0.15, -0.1) is 0 Å². The van der Waals surface area contributed by atoms with Crippen LogP contribution in [0.2, 0.25) is 5.02 Å². The quantitative estimate of drug-likeness (QED) is 0.479. The average molecular weight is 298 g/mol. The van der Waals surface area contributed by atoms with Crippen molar-refractivity contribution in [1.29, 1.82) is 0 Å². The van der Waals surface area contributed by atoms with E-state index in [4.69, 9.17) is 16.3 Å². The summed E-state index contributed by atoms with van der Waals surface area (Å²) >= 11 is 5.77. The number of nitro benzene ring substituents is 1. The van der Waals surface area contributed by atoms with E-state index in [-0.39, 0.29) is 16.3 Å². The fraction of sp³-hybridized carbons (Fsp3) is 0.500. The summed E-state index contributed by atoms with van der Waals surface area (Å²) in [5.41, 5.74) is -0.471. The van der Waals surface area contributed by atoms with E-state index in [9.17, 15) is 14.9 Å². The number of carbonyl (C=O) groups is 1. The van der Waals surface area contributed by atoms with Crippen LogP contribution in [0.25, 0.3) is 0 Å². The molecule has 0 aromatic heterocycles. The molecule has 0 radical (unpaired) electrons. The van der Waals surface area contributed by atoms with Crippen LogP contribution in [0.15, 0.2) is 18.2 Å². The Morgan fingerprint density at radius 3 is 2.70 bits per heavy atom. The van der Waals surface area contributed by atoms with Crippen molar-refractivity contribution in [3.05, 3.63) is 38.9 Å². The van der Waals surface area contributed by atoms with E-state index < -0.39 is 10.9 Å². The van der Waals surface area contributed by atoms with Crippen LogP contribution >= 0.6 is 11.6 Å². The molecule has 0 N–H and O–H groups in total. The van der Waals surface area contributed by atoms with Crippen molar-refractivity contribution in [2.45, 2.75) is 32.1 Å². The average Bonchev–Trinajstić information content (AvgIpc) is 2.45. The summed E-state index contributed by atoms with van der Waals surface area (Å²) in [6.45, 7) is 0.322. The molecule has 1 aliphatic carbocycles. The Labute approximate surface area is 122 Å². The highest BCUT2D eigenvalue weighted by Crippen LogP contribution is 2.29. The molecule has 1 aliphatic rings. The van der Waals surface area contributed by atoms with Gasteiger partial charge in [0.05, 0.1) is 11.5 Å². The smallest absolute Gasteiger partial charge is 0.345 e. The van der Waals surface area contributed by atoms with Gasteiger partial charge < -0.3 is 4.74 Å².